The number of nitrogens with one attached hydrogen (secondary N) is 1. The van der Waals surface area contributed by atoms with Crippen molar-refractivity contribution < 1.29 is 47.2 Å². The number of pyridine rings is 1. The third-order valence-corrected chi connectivity index (χ3v) is 10.6. The zero-order chi connectivity index (χ0) is 37.7. The van der Waals surface area contributed by atoms with Crippen LogP contribution >= 0.6 is 11.8 Å². The summed E-state index contributed by atoms with van der Waals surface area (Å²) >= 11 is 1.31. The van der Waals surface area contributed by atoms with Gasteiger partial charge < -0.3 is 29.9 Å². The predicted octanol–water partition coefficient (Wildman–Crippen LogP) is 6.69. The van der Waals surface area contributed by atoms with E-state index in [1.165, 1.54) is 17.8 Å². The fourth-order valence-electron chi connectivity index (χ4n) is 6.59. The highest BCUT2D eigenvalue weighted by Crippen LogP contribution is 2.43. The van der Waals surface area contributed by atoms with E-state index in [-0.39, 0.29) is 49.8 Å². The van der Waals surface area contributed by atoms with Crippen molar-refractivity contribution in [3.63, 3.8) is 0 Å². The van der Waals surface area contributed by atoms with Crippen LogP contribution in [0, 0.1) is 5.92 Å². The SMILES string of the molecule is CC1C(CSc2ncccc2C(=O)O)OC(c2ccc(-c3cccc(CNC(=O)C4CCCN4C(=O)C(F)(F)F)c3)cc2)OC1c1ccc(CO)cc1. The topological polar surface area (TPSA) is 138 Å². The van der Waals surface area contributed by atoms with Crippen LogP contribution in [0.1, 0.15) is 64.8 Å². The van der Waals surface area contributed by atoms with Gasteiger partial charge in [0.1, 0.15) is 11.1 Å². The Morgan fingerprint density at radius 3 is 2.38 bits per heavy atom. The fourth-order valence-corrected chi connectivity index (χ4v) is 7.74. The van der Waals surface area contributed by atoms with E-state index in [4.69, 9.17) is 9.47 Å². The lowest BCUT2D eigenvalue weighted by molar-refractivity contribution is -0.268. The van der Waals surface area contributed by atoms with Gasteiger partial charge in [-0.1, -0.05) is 73.7 Å². The highest BCUT2D eigenvalue weighted by molar-refractivity contribution is 7.99. The summed E-state index contributed by atoms with van der Waals surface area (Å²) in [6, 6.07) is 24.5. The van der Waals surface area contributed by atoms with Crippen molar-refractivity contribution >= 4 is 29.5 Å². The zero-order valence-corrected chi connectivity index (χ0v) is 29.5. The van der Waals surface area contributed by atoms with Crippen LogP contribution in [-0.2, 0) is 32.2 Å². The number of aromatic nitrogens is 1. The van der Waals surface area contributed by atoms with Gasteiger partial charge in [0.25, 0.3) is 0 Å². The number of aliphatic hydroxyl groups is 1. The van der Waals surface area contributed by atoms with E-state index in [1.54, 1.807) is 18.3 Å². The lowest BCUT2D eigenvalue weighted by Gasteiger charge is -2.41. The van der Waals surface area contributed by atoms with Gasteiger partial charge in [-0.25, -0.2) is 9.78 Å². The van der Waals surface area contributed by atoms with Crippen LogP contribution in [0.2, 0.25) is 0 Å². The molecule has 2 saturated heterocycles. The van der Waals surface area contributed by atoms with E-state index in [1.807, 2.05) is 73.7 Å². The Kier molecular flexibility index (Phi) is 11.8. The van der Waals surface area contributed by atoms with Gasteiger partial charge in [0.2, 0.25) is 5.91 Å². The van der Waals surface area contributed by atoms with Crippen molar-refractivity contribution in [2.75, 3.05) is 12.3 Å². The Hall–Kier alpha value is -4.76. The number of carbonyl (C=O) groups excluding carboxylic acids is 2. The van der Waals surface area contributed by atoms with E-state index in [0.29, 0.717) is 22.1 Å². The molecule has 278 valence electrons. The molecule has 2 amide bonds. The average Bonchev–Trinajstić information content (AvgIpc) is 3.66. The first-order valence-corrected chi connectivity index (χ1v) is 18.1. The molecule has 3 aromatic carbocycles. The molecule has 4 aromatic rings. The summed E-state index contributed by atoms with van der Waals surface area (Å²) in [6.07, 6.45) is -4.47. The summed E-state index contributed by atoms with van der Waals surface area (Å²) < 4.78 is 52.2. The van der Waals surface area contributed by atoms with Crippen LogP contribution < -0.4 is 5.32 Å². The Balaban J connectivity index is 1.16. The summed E-state index contributed by atoms with van der Waals surface area (Å²) in [7, 11) is 0. The van der Waals surface area contributed by atoms with Gasteiger partial charge in [-0.3, -0.25) is 9.59 Å². The highest BCUT2D eigenvalue weighted by atomic mass is 32.2. The maximum Gasteiger partial charge on any atom is 0.471 e. The van der Waals surface area contributed by atoms with Crippen molar-refractivity contribution in [2.45, 2.75) is 68.7 Å². The maximum absolute atomic E-state index is 13.0. The molecule has 0 aliphatic carbocycles. The standard InChI is InChI=1S/C39H38F3N3O7S/c1-23-32(22-53-35-30(36(48)49)7-3-17-43-35)51-37(52-33(23)27-11-9-24(21-46)10-12-27)28-15-13-26(14-16-28)29-6-2-5-25(19-29)20-44-34(47)31-8-4-18-45(31)38(50)39(40,41)42/h2-3,5-7,9-17,19,23,31-33,37,46H,4,8,18,20-22H2,1H3,(H,44,47)(H,48,49). The number of carboxylic acid groups (broad SMARTS) is 1. The van der Waals surface area contributed by atoms with E-state index < -0.39 is 36.3 Å². The second-order valence-electron chi connectivity index (χ2n) is 13.0. The second-order valence-corrected chi connectivity index (χ2v) is 14.0. The largest absolute Gasteiger partial charge is 0.478 e. The quantitative estimate of drug-likeness (QED) is 0.143. The Labute approximate surface area is 308 Å². The number of alkyl halides is 3. The van der Waals surface area contributed by atoms with Crippen molar-refractivity contribution in [2.24, 2.45) is 5.92 Å². The van der Waals surface area contributed by atoms with Gasteiger partial charge in [-0.05, 0) is 58.9 Å². The number of amides is 2. The van der Waals surface area contributed by atoms with E-state index in [9.17, 15) is 37.8 Å². The molecule has 1 aromatic heterocycles. The van der Waals surface area contributed by atoms with Gasteiger partial charge in [-0.2, -0.15) is 13.2 Å². The second kappa shape index (κ2) is 16.5. The molecule has 2 aliphatic heterocycles. The number of benzene rings is 3. The lowest BCUT2D eigenvalue weighted by Crippen LogP contribution is -2.50. The number of carboxylic acids is 1. The predicted molar refractivity (Wildman–Crippen MR) is 189 cm³/mol. The van der Waals surface area contributed by atoms with Gasteiger partial charge in [-0.15, -0.1) is 11.8 Å². The summed E-state index contributed by atoms with van der Waals surface area (Å²) in [6.45, 7) is 1.89. The minimum atomic E-state index is -5.04. The van der Waals surface area contributed by atoms with E-state index in [2.05, 4.69) is 10.3 Å². The average molecular weight is 750 g/mol. The number of aliphatic hydroxyl groups excluding tert-OH is 1. The fraction of sp³-hybridized carbons (Fsp3) is 0.333. The van der Waals surface area contributed by atoms with Gasteiger partial charge in [0.15, 0.2) is 6.29 Å². The van der Waals surface area contributed by atoms with Crippen LogP contribution in [0.25, 0.3) is 11.1 Å². The number of ether oxygens (including phenoxy) is 2. The Bertz CT molecular complexity index is 1930. The normalized spacial score (nSPS) is 21.7. The minimum Gasteiger partial charge on any atom is -0.478 e. The first-order valence-electron chi connectivity index (χ1n) is 17.1. The number of halogens is 3. The van der Waals surface area contributed by atoms with Gasteiger partial charge >= 0.3 is 18.1 Å². The molecule has 14 heteroatoms. The first-order chi connectivity index (χ1) is 25.4. The molecule has 0 spiro atoms. The third-order valence-electron chi connectivity index (χ3n) is 9.48. The molecular formula is C39H38F3N3O7S. The highest BCUT2D eigenvalue weighted by Gasteiger charge is 2.47. The number of aromatic carboxylic acids is 1. The number of hydrogen-bond acceptors (Lipinski definition) is 8. The maximum atomic E-state index is 13.0. The molecule has 10 nitrogen and oxygen atoms in total. The molecule has 0 bridgehead atoms. The zero-order valence-electron chi connectivity index (χ0n) is 28.7. The Morgan fingerprint density at radius 1 is 0.943 bits per heavy atom. The number of thioether (sulfide) groups is 1. The molecule has 6 rings (SSSR count). The summed E-state index contributed by atoms with van der Waals surface area (Å²) in [5, 5.41) is 22.3. The van der Waals surface area contributed by atoms with Crippen molar-refractivity contribution in [3.05, 3.63) is 119 Å². The van der Waals surface area contributed by atoms with E-state index in [0.717, 1.165) is 33.4 Å². The molecule has 0 saturated carbocycles. The molecule has 53 heavy (non-hydrogen) atoms. The number of hydrogen-bond donors (Lipinski definition) is 3. The number of carbonyl (C=O) groups is 3. The van der Waals surface area contributed by atoms with Crippen LogP contribution in [0.4, 0.5) is 13.2 Å². The molecule has 5 atom stereocenters. The van der Waals surface area contributed by atoms with Crippen LogP contribution in [0.15, 0.2) is 96.2 Å². The first kappa shape index (κ1) is 38.0. The van der Waals surface area contributed by atoms with Crippen LogP contribution in [0.5, 0.6) is 0 Å². The van der Waals surface area contributed by atoms with Gasteiger partial charge in [0.05, 0.1) is 24.4 Å². The number of rotatable bonds is 11. The monoisotopic (exact) mass is 749 g/mol. The summed E-state index contributed by atoms with van der Waals surface area (Å²) in [5.41, 5.74) is 5.00. The summed E-state index contributed by atoms with van der Waals surface area (Å²) in [5.74, 6) is -3.39. The van der Waals surface area contributed by atoms with E-state index >= 15 is 0 Å². The molecule has 2 aliphatic rings. The smallest absolute Gasteiger partial charge is 0.471 e. The molecular weight excluding hydrogens is 712 g/mol. The molecule has 0 radical (unpaired) electrons. The number of likely N-dealkylation sites (tertiary alicyclic amines) is 1. The van der Waals surface area contributed by atoms with Crippen molar-refractivity contribution in [1.29, 1.82) is 0 Å². The Morgan fingerprint density at radius 2 is 1.68 bits per heavy atom. The molecule has 3 N–H and O–H groups in total. The van der Waals surface area contributed by atoms with Crippen LogP contribution in [0.3, 0.4) is 0 Å². The number of nitrogens with zero attached hydrogens (tertiary/aromatic N) is 2. The minimum absolute atomic E-state index is 0.0732. The van der Waals surface area contributed by atoms with Crippen LogP contribution in [-0.4, -0.2) is 68.5 Å². The third kappa shape index (κ3) is 8.90. The molecule has 3 heterocycles. The van der Waals surface area contributed by atoms with Crippen molar-refractivity contribution in [3.8, 4) is 11.1 Å². The molecule has 2 fully saturated rings. The molecule has 5 unspecified atom stereocenters. The van der Waals surface area contributed by atoms with Crippen molar-refractivity contribution in [1.82, 2.24) is 15.2 Å². The van der Waals surface area contributed by atoms with Gasteiger partial charge in [0, 0.05) is 36.5 Å². The summed E-state index contributed by atoms with van der Waals surface area (Å²) in [4.78, 5) is 41.3. The lowest BCUT2D eigenvalue weighted by atomic mass is 9.91.